The number of nitrogens with zero attached hydrogens (tertiary/aromatic N) is 3. The van der Waals surface area contributed by atoms with Gasteiger partial charge < -0.3 is 19.1 Å². The van der Waals surface area contributed by atoms with E-state index in [1.54, 1.807) is 13.0 Å². The topological polar surface area (TPSA) is 89.9 Å². The monoisotopic (exact) mass is 372 g/mol. The Bertz CT molecular complexity index is 902. The van der Waals surface area contributed by atoms with Crippen LogP contribution in [0.4, 0.5) is 5.69 Å². The summed E-state index contributed by atoms with van der Waals surface area (Å²) >= 11 is 0. The minimum absolute atomic E-state index is 0.0273. The number of anilines is 1. The number of hydrogen-bond acceptors (Lipinski definition) is 5. The molecule has 144 valence electrons. The number of oxazole rings is 1. The van der Waals surface area contributed by atoms with Crippen molar-refractivity contribution in [1.82, 2.24) is 14.8 Å². The van der Waals surface area contributed by atoms with Crippen molar-refractivity contribution in [3.63, 3.8) is 0 Å². The van der Waals surface area contributed by atoms with E-state index in [0.29, 0.717) is 37.3 Å². The van der Waals surface area contributed by atoms with E-state index in [0.717, 1.165) is 31.6 Å². The predicted octanol–water partition coefficient (Wildman–Crippen LogP) is 1.03. The van der Waals surface area contributed by atoms with Gasteiger partial charge >= 0.3 is 5.76 Å². The molecule has 4 rings (SSSR count). The number of rotatable bonds is 2. The predicted molar refractivity (Wildman–Crippen MR) is 101 cm³/mol. The van der Waals surface area contributed by atoms with E-state index in [1.807, 2.05) is 21.9 Å². The van der Waals surface area contributed by atoms with Crippen molar-refractivity contribution in [3.8, 4) is 0 Å². The van der Waals surface area contributed by atoms with Crippen molar-refractivity contribution in [1.29, 1.82) is 0 Å². The zero-order valence-corrected chi connectivity index (χ0v) is 15.4. The Kier molecular flexibility index (Phi) is 4.63. The summed E-state index contributed by atoms with van der Waals surface area (Å²) in [6, 6.07) is 5.65. The quantitative estimate of drug-likeness (QED) is 0.850. The lowest BCUT2D eigenvalue weighted by Gasteiger charge is -2.39. The van der Waals surface area contributed by atoms with E-state index < -0.39 is 5.76 Å². The van der Waals surface area contributed by atoms with Crippen LogP contribution in [0.3, 0.4) is 0 Å². The van der Waals surface area contributed by atoms with Crippen molar-refractivity contribution >= 4 is 28.6 Å². The SMILES string of the molecule is CC(=O)N1CCC(C(=O)N2CCN(c3ccc4oc(=O)[nH]c4c3)CC2)CC1. The maximum atomic E-state index is 12.8. The molecule has 0 unspecified atom stereocenters. The molecule has 2 aromatic rings. The van der Waals surface area contributed by atoms with Crippen LogP contribution in [0.5, 0.6) is 0 Å². The Hall–Kier alpha value is -2.77. The average molecular weight is 372 g/mol. The molecule has 2 aliphatic rings. The molecule has 3 heterocycles. The van der Waals surface area contributed by atoms with E-state index in [9.17, 15) is 14.4 Å². The van der Waals surface area contributed by atoms with Gasteiger partial charge in [-0.05, 0) is 31.0 Å². The number of benzene rings is 1. The smallest absolute Gasteiger partial charge is 0.408 e. The van der Waals surface area contributed by atoms with Gasteiger partial charge in [-0.1, -0.05) is 0 Å². The summed E-state index contributed by atoms with van der Waals surface area (Å²) < 4.78 is 5.04. The second-order valence-electron chi connectivity index (χ2n) is 7.29. The molecular weight excluding hydrogens is 348 g/mol. The van der Waals surface area contributed by atoms with Crippen LogP contribution < -0.4 is 10.7 Å². The molecule has 2 saturated heterocycles. The third-order valence-corrected chi connectivity index (χ3v) is 5.65. The summed E-state index contributed by atoms with van der Waals surface area (Å²) in [5, 5.41) is 0. The molecule has 2 amide bonds. The fraction of sp³-hybridized carbons (Fsp3) is 0.526. The summed E-state index contributed by atoms with van der Waals surface area (Å²) in [6.07, 6.45) is 1.51. The highest BCUT2D eigenvalue weighted by Crippen LogP contribution is 2.24. The molecule has 0 saturated carbocycles. The average Bonchev–Trinajstić information content (AvgIpc) is 3.07. The van der Waals surface area contributed by atoms with E-state index in [4.69, 9.17) is 4.42 Å². The Labute approximate surface area is 156 Å². The molecule has 0 radical (unpaired) electrons. The van der Waals surface area contributed by atoms with Crippen LogP contribution in [-0.2, 0) is 9.59 Å². The molecule has 0 atom stereocenters. The number of piperidine rings is 1. The van der Waals surface area contributed by atoms with Gasteiger partial charge in [0.1, 0.15) is 0 Å². The Morgan fingerprint density at radius 2 is 1.74 bits per heavy atom. The van der Waals surface area contributed by atoms with Gasteiger partial charge in [-0.2, -0.15) is 0 Å². The van der Waals surface area contributed by atoms with Crippen molar-refractivity contribution in [2.24, 2.45) is 5.92 Å². The Balaban J connectivity index is 1.34. The first kappa shape index (κ1) is 17.6. The third-order valence-electron chi connectivity index (χ3n) is 5.65. The van der Waals surface area contributed by atoms with Crippen LogP contribution in [0.2, 0.25) is 0 Å². The highest BCUT2D eigenvalue weighted by atomic mass is 16.4. The number of aromatic amines is 1. The highest BCUT2D eigenvalue weighted by molar-refractivity contribution is 5.80. The van der Waals surface area contributed by atoms with Gasteiger partial charge in [0, 0.05) is 57.8 Å². The largest absolute Gasteiger partial charge is 0.417 e. The molecule has 0 spiro atoms. The Morgan fingerprint density at radius 3 is 2.41 bits per heavy atom. The van der Waals surface area contributed by atoms with E-state index in [2.05, 4.69) is 9.88 Å². The first-order valence-corrected chi connectivity index (χ1v) is 9.43. The zero-order valence-electron chi connectivity index (χ0n) is 15.4. The molecule has 0 bridgehead atoms. The molecule has 1 aromatic heterocycles. The minimum Gasteiger partial charge on any atom is -0.408 e. The van der Waals surface area contributed by atoms with Crippen LogP contribution >= 0.6 is 0 Å². The number of likely N-dealkylation sites (tertiary alicyclic amines) is 1. The summed E-state index contributed by atoms with van der Waals surface area (Å²) in [6.45, 7) is 5.82. The second kappa shape index (κ2) is 7.09. The van der Waals surface area contributed by atoms with E-state index in [1.165, 1.54) is 0 Å². The molecule has 2 aliphatic heterocycles. The van der Waals surface area contributed by atoms with Gasteiger partial charge in [0.05, 0.1) is 5.52 Å². The maximum Gasteiger partial charge on any atom is 0.417 e. The fourth-order valence-corrected chi connectivity index (χ4v) is 4.02. The number of H-pyrrole nitrogens is 1. The third kappa shape index (κ3) is 3.56. The summed E-state index contributed by atoms with van der Waals surface area (Å²) in [5.74, 6) is -0.120. The van der Waals surface area contributed by atoms with Gasteiger partial charge in [0.2, 0.25) is 11.8 Å². The number of fused-ring (bicyclic) bond motifs is 1. The minimum atomic E-state index is -0.451. The number of carbonyl (C=O) groups is 2. The lowest BCUT2D eigenvalue weighted by Crippen LogP contribution is -2.52. The molecule has 1 aromatic carbocycles. The number of aromatic nitrogens is 1. The maximum absolute atomic E-state index is 12.8. The van der Waals surface area contributed by atoms with E-state index >= 15 is 0 Å². The van der Waals surface area contributed by atoms with Crippen molar-refractivity contribution < 1.29 is 14.0 Å². The van der Waals surface area contributed by atoms with Crippen molar-refractivity contribution in [2.75, 3.05) is 44.2 Å². The molecule has 0 aliphatic carbocycles. The number of carbonyl (C=O) groups excluding carboxylic acids is 2. The molecule has 8 heteroatoms. The van der Waals surface area contributed by atoms with Crippen LogP contribution in [0.1, 0.15) is 19.8 Å². The number of nitrogens with one attached hydrogen (secondary N) is 1. The first-order chi connectivity index (χ1) is 13.0. The summed E-state index contributed by atoms with van der Waals surface area (Å²) in [7, 11) is 0. The normalized spacial score (nSPS) is 18.9. The van der Waals surface area contributed by atoms with Crippen molar-refractivity contribution in [3.05, 3.63) is 28.7 Å². The summed E-state index contributed by atoms with van der Waals surface area (Å²) in [5.41, 5.74) is 2.25. The van der Waals surface area contributed by atoms with Gasteiger partial charge in [0.15, 0.2) is 5.58 Å². The standard InChI is InChI=1S/C19H24N4O4/c1-13(24)21-6-4-14(5-7-21)18(25)23-10-8-22(9-11-23)15-2-3-17-16(12-15)20-19(26)27-17/h2-3,12,14H,4-11H2,1H3,(H,20,26). The lowest BCUT2D eigenvalue weighted by atomic mass is 9.95. The lowest BCUT2D eigenvalue weighted by molar-refractivity contribution is -0.140. The Morgan fingerprint density at radius 1 is 1.04 bits per heavy atom. The van der Waals surface area contributed by atoms with Gasteiger partial charge in [-0.15, -0.1) is 0 Å². The molecule has 2 fully saturated rings. The van der Waals surface area contributed by atoms with Crippen molar-refractivity contribution in [2.45, 2.75) is 19.8 Å². The van der Waals surface area contributed by atoms with Crippen LogP contribution in [0.15, 0.2) is 27.4 Å². The molecule has 27 heavy (non-hydrogen) atoms. The van der Waals surface area contributed by atoms with Crippen LogP contribution in [0.25, 0.3) is 11.1 Å². The van der Waals surface area contributed by atoms with Gasteiger partial charge in [-0.3, -0.25) is 14.6 Å². The van der Waals surface area contributed by atoms with Crippen LogP contribution in [-0.4, -0.2) is 65.9 Å². The van der Waals surface area contributed by atoms with Gasteiger partial charge in [-0.25, -0.2) is 4.79 Å². The number of amides is 2. The zero-order chi connectivity index (χ0) is 19.0. The van der Waals surface area contributed by atoms with Gasteiger partial charge in [0.25, 0.3) is 0 Å². The molecule has 1 N–H and O–H groups in total. The first-order valence-electron chi connectivity index (χ1n) is 9.43. The number of piperazine rings is 1. The number of hydrogen-bond donors (Lipinski definition) is 1. The highest BCUT2D eigenvalue weighted by Gasteiger charge is 2.31. The summed E-state index contributed by atoms with van der Waals surface area (Å²) in [4.78, 5) is 44.2. The molecule has 8 nitrogen and oxygen atoms in total. The van der Waals surface area contributed by atoms with E-state index in [-0.39, 0.29) is 17.7 Å². The molecular formula is C19H24N4O4. The second-order valence-corrected chi connectivity index (χ2v) is 7.29. The fourth-order valence-electron chi connectivity index (χ4n) is 4.02. The van der Waals surface area contributed by atoms with Crippen LogP contribution in [0, 0.1) is 5.92 Å².